The molecular formula is C18H23N3O3S. The molecule has 1 aliphatic rings. The van der Waals surface area contributed by atoms with Crippen molar-refractivity contribution in [2.24, 2.45) is 7.05 Å². The van der Waals surface area contributed by atoms with Gasteiger partial charge in [0, 0.05) is 18.1 Å². The van der Waals surface area contributed by atoms with Gasteiger partial charge in [-0.25, -0.2) is 4.79 Å². The van der Waals surface area contributed by atoms with Crippen LogP contribution < -0.4 is 5.32 Å². The van der Waals surface area contributed by atoms with E-state index in [9.17, 15) is 9.59 Å². The van der Waals surface area contributed by atoms with Gasteiger partial charge in [-0.1, -0.05) is 6.92 Å². The topological polar surface area (TPSA) is 73.2 Å². The third-order valence-electron chi connectivity index (χ3n) is 4.54. The number of hydrogen-bond acceptors (Lipinski definition) is 5. The van der Waals surface area contributed by atoms with Crippen molar-refractivity contribution >= 4 is 28.2 Å². The number of esters is 1. The molecule has 0 fully saturated rings. The predicted molar refractivity (Wildman–Crippen MR) is 97.3 cm³/mol. The van der Waals surface area contributed by atoms with E-state index in [1.165, 1.54) is 20.9 Å². The van der Waals surface area contributed by atoms with Crippen LogP contribution in [0.4, 0.5) is 5.00 Å². The first kappa shape index (κ1) is 17.7. The Morgan fingerprint density at radius 3 is 2.84 bits per heavy atom. The van der Waals surface area contributed by atoms with E-state index in [0.29, 0.717) is 16.3 Å². The molecule has 2 aromatic heterocycles. The highest BCUT2D eigenvalue weighted by Crippen LogP contribution is 2.39. The first-order chi connectivity index (χ1) is 12.0. The maximum Gasteiger partial charge on any atom is 0.341 e. The molecule has 0 saturated carbocycles. The van der Waals surface area contributed by atoms with Gasteiger partial charge in [0.15, 0.2) is 0 Å². The van der Waals surface area contributed by atoms with Crippen LogP contribution in [-0.4, -0.2) is 27.8 Å². The largest absolute Gasteiger partial charge is 0.459 e. The lowest BCUT2D eigenvalue weighted by atomic mass is 9.95. The van der Waals surface area contributed by atoms with Crippen molar-refractivity contribution < 1.29 is 14.3 Å². The summed E-state index contributed by atoms with van der Waals surface area (Å²) < 4.78 is 7.06. The molecule has 1 N–H and O–H groups in total. The lowest BCUT2D eigenvalue weighted by molar-refractivity contribution is 0.0335. The lowest BCUT2D eigenvalue weighted by Crippen LogP contribution is -2.20. The highest BCUT2D eigenvalue weighted by atomic mass is 32.1. The Bertz CT molecular complexity index is 794. The molecule has 1 amide bonds. The number of thiophene rings is 1. The quantitative estimate of drug-likeness (QED) is 0.826. The molecule has 2 aromatic rings. The summed E-state index contributed by atoms with van der Waals surface area (Å²) in [4.78, 5) is 26.4. The van der Waals surface area contributed by atoms with Crippen LogP contribution in [-0.2, 0) is 24.6 Å². The second-order valence-corrected chi connectivity index (χ2v) is 7.44. The summed E-state index contributed by atoms with van der Waals surface area (Å²) in [6, 6.07) is 1.65. The summed E-state index contributed by atoms with van der Waals surface area (Å²) in [5.74, 6) is -0.606. The normalized spacial score (nSPS) is 14.7. The number of carbonyl (C=O) groups excluding carboxylic acids is 2. The van der Waals surface area contributed by atoms with Crippen LogP contribution in [0.15, 0.2) is 12.3 Å². The van der Waals surface area contributed by atoms with Gasteiger partial charge >= 0.3 is 5.97 Å². The van der Waals surface area contributed by atoms with E-state index < -0.39 is 0 Å². The first-order valence-corrected chi connectivity index (χ1v) is 9.47. The minimum Gasteiger partial charge on any atom is -0.459 e. The number of aryl methyl sites for hydroxylation is 2. The maximum absolute atomic E-state index is 12.7. The Kier molecular flexibility index (Phi) is 5.22. The molecule has 7 heteroatoms. The van der Waals surface area contributed by atoms with E-state index in [0.717, 1.165) is 37.7 Å². The van der Waals surface area contributed by atoms with E-state index in [4.69, 9.17) is 4.74 Å². The van der Waals surface area contributed by atoms with Crippen molar-refractivity contribution in [3.8, 4) is 0 Å². The van der Waals surface area contributed by atoms with E-state index >= 15 is 0 Å². The zero-order valence-corrected chi connectivity index (χ0v) is 15.6. The smallest absolute Gasteiger partial charge is 0.341 e. The van der Waals surface area contributed by atoms with Gasteiger partial charge in [0.05, 0.1) is 11.7 Å². The highest BCUT2D eigenvalue weighted by molar-refractivity contribution is 7.17. The number of aromatic nitrogens is 2. The molecule has 0 aromatic carbocycles. The van der Waals surface area contributed by atoms with Gasteiger partial charge in [0.1, 0.15) is 10.7 Å². The van der Waals surface area contributed by atoms with Gasteiger partial charge in [0.25, 0.3) is 5.91 Å². The SMILES string of the molecule is CCC(C)OC(=O)c1c(NC(=O)c2ccnn2C)sc2c1CCCC2. The van der Waals surface area contributed by atoms with E-state index in [-0.39, 0.29) is 18.0 Å². The summed E-state index contributed by atoms with van der Waals surface area (Å²) in [5.41, 5.74) is 2.04. The molecule has 0 radical (unpaired) electrons. The molecule has 0 saturated heterocycles. The van der Waals surface area contributed by atoms with Crippen molar-refractivity contribution in [3.05, 3.63) is 34.0 Å². The fourth-order valence-electron chi connectivity index (χ4n) is 2.96. The van der Waals surface area contributed by atoms with Crippen LogP contribution >= 0.6 is 11.3 Å². The van der Waals surface area contributed by atoms with E-state index in [1.807, 2.05) is 13.8 Å². The second-order valence-electron chi connectivity index (χ2n) is 6.33. The number of carbonyl (C=O) groups is 2. The Labute approximate surface area is 151 Å². The van der Waals surface area contributed by atoms with Gasteiger partial charge in [0.2, 0.25) is 0 Å². The Hall–Kier alpha value is -2.15. The fourth-order valence-corrected chi connectivity index (χ4v) is 4.23. The number of ether oxygens (including phenoxy) is 1. The second kappa shape index (κ2) is 7.39. The summed E-state index contributed by atoms with van der Waals surface area (Å²) >= 11 is 1.49. The van der Waals surface area contributed by atoms with Gasteiger partial charge in [-0.3, -0.25) is 9.48 Å². The minimum atomic E-state index is -0.339. The predicted octanol–water partition coefficient (Wildman–Crippen LogP) is 3.57. The summed E-state index contributed by atoms with van der Waals surface area (Å²) in [7, 11) is 1.71. The number of nitrogens with one attached hydrogen (secondary N) is 1. The Morgan fingerprint density at radius 1 is 1.40 bits per heavy atom. The summed E-state index contributed by atoms with van der Waals surface area (Å²) in [6.45, 7) is 3.86. The summed E-state index contributed by atoms with van der Waals surface area (Å²) in [5, 5.41) is 7.51. The van der Waals surface area contributed by atoms with E-state index in [2.05, 4.69) is 10.4 Å². The molecule has 3 rings (SSSR count). The van der Waals surface area contributed by atoms with Crippen LogP contribution in [0.2, 0.25) is 0 Å². The zero-order chi connectivity index (χ0) is 18.0. The van der Waals surface area contributed by atoms with Crippen LogP contribution in [0.25, 0.3) is 0 Å². The molecule has 0 aliphatic heterocycles. The van der Waals surface area contributed by atoms with Crippen molar-refractivity contribution in [3.63, 3.8) is 0 Å². The van der Waals surface area contributed by atoms with Crippen molar-refractivity contribution in [2.75, 3.05) is 5.32 Å². The molecule has 0 spiro atoms. The molecular weight excluding hydrogens is 338 g/mol. The van der Waals surface area contributed by atoms with Gasteiger partial charge < -0.3 is 10.1 Å². The average molecular weight is 361 g/mol. The van der Waals surface area contributed by atoms with Crippen LogP contribution in [0, 0.1) is 0 Å². The molecule has 134 valence electrons. The third-order valence-corrected chi connectivity index (χ3v) is 5.75. The van der Waals surface area contributed by atoms with Crippen LogP contribution in [0.5, 0.6) is 0 Å². The standard InChI is InChI=1S/C18H23N3O3S/c1-4-11(2)24-18(23)15-12-7-5-6-8-14(12)25-17(15)20-16(22)13-9-10-19-21(13)3/h9-11H,4-8H2,1-3H3,(H,20,22). The molecule has 1 aliphatic carbocycles. The molecule has 1 unspecified atom stereocenters. The number of nitrogens with zero attached hydrogens (tertiary/aromatic N) is 2. The molecule has 6 nitrogen and oxygen atoms in total. The van der Waals surface area contributed by atoms with Gasteiger partial charge in [-0.15, -0.1) is 11.3 Å². The number of hydrogen-bond donors (Lipinski definition) is 1. The van der Waals surface area contributed by atoms with Crippen molar-refractivity contribution in [1.29, 1.82) is 0 Å². The average Bonchev–Trinajstić information content (AvgIpc) is 3.17. The molecule has 1 atom stereocenters. The summed E-state index contributed by atoms with van der Waals surface area (Å²) in [6.07, 6.45) is 6.17. The number of anilines is 1. The van der Waals surface area contributed by atoms with Crippen molar-refractivity contribution in [2.45, 2.75) is 52.1 Å². The maximum atomic E-state index is 12.7. The van der Waals surface area contributed by atoms with Crippen LogP contribution in [0.1, 0.15) is 64.4 Å². The zero-order valence-electron chi connectivity index (χ0n) is 14.8. The lowest BCUT2D eigenvalue weighted by Gasteiger charge is -2.15. The highest BCUT2D eigenvalue weighted by Gasteiger charge is 2.28. The fraction of sp³-hybridized carbons (Fsp3) is 0.500. The molecule has 0 bridgehead atoms. The Balaban J connectivity index is 1.92. The molecule has 2 heterocycles. The third kappa shape index (κ3) is 3.61. The number of fused-ring (bicyclic) bond motifs is 1. The minimum absolute atomic E-state index is 0.146. The van der Waals surface area contributed by atoms with Gasteiger partial charge in [-0.2, -0.15) is 5.10 Å². The van der Waals surface area contributed by atoms with E-state index in [1.54, 1.807) is 19.3 Å². The number of amides is 1. The van der Waals surface area contributed by atoms with Gasteiger partial charge in [-0.05, 0) is 50.7 Å². The number of rotatable bonds is 5. The monoisotopic (exact) mass is 361 g/mol. The Morgan fingerprint density at radius 2 is 2.16 bits per heavy atom. The van der Waals surface area contributed by atoms with Crippen LogP contribution in [0.3, 0.4) is 0 Å². The first-order valence-electron chi connectivity index (χ1n) is 8.66. The van der Waals surface area contributed by atoms with Crippen molar-refractivity contribution in [1.82, 2.24) is 9.78 Å². The molecule has 25 heavy (non-hydrogen) atoms.